The molecule has 0 saturated carbocycles. The molecule has 2 N–H and O–H groups in total. The largest absolute Gasteiger partial charge is 0.359 e. The summed E-state index contributed by atoms with van der Waals surface area (Å²) >= 11 is 0. The van der Waals surface area contributed by atoms with Crippen LogP contribution in [0.5, 0.6) is 0 Å². The van der Waals surface area contributed by atoms with Crippen molar-refractivity contribution >= 4 is 29.9 Å². The van der Waals surface area contributed by atoms with E-state index in [1.807, 2.05) is 0 Å². The molecule has 1 aliphatic rings. The van der Waals surface area contributed by atoms with Gasteiger partial charge in [0, 0.05) is 38.2 Å². The van der Waals surface area contributed by atoms with E-state index in [0.29, 0.717) is 18.5 Å². The zero-order valence-corrected chi connectivity index (χ0v) is 19.1. The molecular weight excluding hydrogens is 441 g/mol. The second-order valence-corrected chi connectivity index (χ2v) is 6.96. The van der Waals surface area contributed by atoms with Gasteiger partial charge in [-0.1, -0.05) is 25.4 Å². The summed E-state index contributed by atoms with van der Waals surface area (Å²) in [5.74, 6) is 2.15. The number of hydrogen-bond acceptors (Lipinski definition) is 4. The highest BCUT2D eigenvalue weighted by molar-refractivity contribution is 14.0. The van der Waals surface area contributed by atoms with Gasteiger partial charge in [-0.3, -0.25) is 9.89 Å². The number of halogens is 1. The molecule has 0 aromatic carbocycles. The van der Waals surface area contributed by atoms with Crippen molar-refractivity contribution in [1.82, 2.24) is 20.7 Å². The molecule has 0 bridgehead atoms. The number of aromatic nitrogens is 1. The van der Waals surface area contributed by atoms with Crippen LogP contribution in [0.15, 0.2) is 15.6 Å². The summed E-state index contributed by atoms with van der Waals surface area (Å²) in [6.45, 7) is 10.5. The third-order valence-corrected chi connectivity index (χ3v) is 5.27. The van der Waals surface area contributed by atoms with E-state index in [0.717, 1.165) is 43.3 Å². The summed E-state index contributed by atoms with van der Waals surface area (Å²) < 4.78 is 5.45. The molecule has 1 unspecified atom stereocenters. The summed E-state index contributed by atoms with van der Waals surface area (Å²) in [6.07, 6.45) is 6.19. The first-order valence-electron chi connectivity index (χ1n) is 9.81. The molecule has 0 aliphatic carbocycles. The lowest BCUT2D eigenvalue weighted by Gasteiger charge is -2.33. The molecule has 1 fully saturated rings. The van der Waals surface area contributed by atoms with Gasteiger partial charge >= 0.3 is 0 Å². The van der Waals surface area contributed by atoms with Crippen molar-refractivity contribution in [1.29, 1.82) is 0 Å². The predicted octanol–water partition coefficient (Wildman–Crippen LogP) is 3.74. The van der Waals surface area contributed by atoms with E-state index in [2.05, 4.69) is 52.5 Å². The van der Waals surface area contributed by atoms with Gasteiger partial charge in [-0.2, -0.15) is 0 Å². The van der Waals surface area contributed by atoms with Crippen molar-refractivity contribution in [3.8, 4) is 0 Å². The molecule has 0 spiro atoms. The van der Waals surface area contributed by atoms with Crippen LogP contribution in [0.3, 0.4) is 0 Å². The molecule has 6 nitrogen and oxygen atoms in total. The smallest absolute Gasteiger partial charge is 0.191 e. The van der Waals surface area contributed by atoms with E-state index >= 15 is 0 Å². The molecule has 1 aromatic heterocycles. The molecule has 1 atom stereocenters. The van der Waals surface area contributed by atoms with Crippen LogP contribution in [0.2, 0.25) is 0 Å². The quantitative estimate of drug-likeness (QED) is 0.339. The minimum absolute atomic E-state index is 0. The fourth-order valence-corrected chi connectivity index (χ4v) is 3.51. The number of nitrogens with one attached hydrogen (secondary N) is 2. The Morgan fingerprint density at radius 3 is 2.77 bits per heavy atom. The lowest BCUT2D eigenvalue weighted by atomic mass is 9.99. The number of aliphatic imine (C=N–C) groups is 1. The summed E-state index contributed by atoms with van der Waals surface area (Å²) in [7, 11) is 1.80. The van der Waals surface area contributed by atoms with Crippen LogP contribution < -0.4 is 10.6 Å². The Hall–Kier alpha value is -0.830. The fraction of sp³-hybridized carbons (Fsp3) is 0.789. The lowest BCUT2D eigenvalue weighted by Crippen LogP contribution is -2.45. The minimum Gasteiger partial charge on any atom is -0.359 e. The molecule has 1 aliphatic heterocycles. The van der Waals surface area contributed by atoms with Crippen LogP contribution in [0.1, 0.15) is 70.2 Å². The molecule has 150 valence electrons. The van der Waals surface area contributed by atoms with Gasteiger partial charge in [0.05, 0.1) is 12.2 Å². The second kappa shape index (κ2) is 12.5. The highest BCUT2D eigenvalue weighted by atomic mass is 127. The average molecular weight is 477 g/mol. The summed E-state index contributed by atoms with van der Waals surface area (Å²) in [6, 6.07) is 2.76. The van der Waals surface area contributed by atoms with E-state index in [1.54, 1.807) is 7.05 Å². The van der Waals surface area contributed by atoms with Crippen molar-refractivity contribution < 1.29 is 4.52 Å². The van der Waals surface area contributed by atoms with Gasteiger partial charge < -0.3 is 15.2 Å². The molecule has 26 heavy (non-hydrogen) atoms. The van der Waals surface area contributed by atoms with Crippen LogP contribution in [0.4, 0.5) is 0 Å². The maximum Gasteiger partial charge on any atom is 0.191 e. The second-order valence-electron chi connectivity index (χ2n) is 6.96. The van der Waals surface area contributed by atoms with E-state index in [4.69, 9.17) is 4.52 Å². The van der Waals surface area contributed by atoms with Crippen LogP contribution >= 0.6 is 24.0 Å². The summed E-state index contributed by atoms with van der Waals surface area (Å²) in [4.78, 5) is 6.85. The van der Waals surface area contributed by atoms with E-state index in [1.165, 1.54) is 25.8 Å². The molecule has 2 heterocycles. The Bertz CT molecular complexity index is 530. The van der Waals surface area contributed by atoms with Crippen molar-refractivity contribution in [3.63, 3.8) is 0 Å². The normalized spacial score (nSPS) is 18.7. The zero-order valence-electron chi connectivity index (χ0n) is 16.8. The van der Waals surface area contributed by atoms with Crippen LogP contribution in [-0.4, -0.2) is 48.7 Å². The van der Waals surface area contributed by atoms with Gasteiger partial charge in [0.15, 0.2) is 11.7 Å². The molecule has 0 radical (unpaired) electrons. The number of hydrogen-bond donors (Lipinski definition) is 2. The molecule has 0 amide bonds. The molecule has 1 saturated heterocycles. The first-order valence-corrected chi connectivity index (χ1v) is 9.81. The lowest BCUT2D eigenvalue weighted by molar-refractivity contribution is 0.163. The first-order chi connectivity index (χ1) is 12.2. The number of piperidine rings is 1. The Balaban J connectivity index is 0.00000338. The van der Waals surface area contributed by atoms with Gasteiger partial charge in [-0.25, -0.2) is 0 Å². The molecule has 7 heteroatoms. The SMILES string of the molecule is CCC(CC)c1cc(CNC(=NC)NCCN2CCCCC2C)on1.I. The Morgan fingerprint density at radius 1 is 1.35 bits per heavy atom. The van der Waals surface area contributed by atoms with Crippen molar-refractivity contribution in [2.75, 3.05) is 26.7 Å². The summed E-state index contributed by atoms with van der Waals surface area (Å²) in [5, 5.41) is 10.9. The standard InChI is InChI=1S/C19H35N5O.HI/c1-5-16(6-2)18-13-17(25-23-18)14-22-19(20-4)21-10-12-24-11-8-7-9-15(24)3;/h13,15-16H,5-12,14H2,1-4H3,(H2,20,21,22);1H. The van der Waals surface area contributed by atoms with E-state index < -0.39 is 0 Å². The first kappa shape index (κ1) is 23.2. The van der Waals surface area contributed by atoms with Crippen LogP contribution in [-0.2, 0) is 6.54 Å². The van der Waals surface area contributed by atoms with E-state index in [-0.39, 0.29) is 24.0 Å². The van der Waals surface area contributed by atoms with Gasteiger partial charge in [0.25, 0.3) is 0 Å². The van der Waals surface area contributed by atoms with Crippen molar-refractivity contribution in [3.05, 3.63) is 17.5 Å². The Morgan fingerprint density at radius 2 is 2.12 bits per heavy atom. The maximum atomic E-state index is 5.45. The Labute approximate surface area is 175 Å². The number of likely N-dealkylation sites (tertiary alicyclic amines) is 1. The number of rotatable bonds is 8. The summed E-state index contributed by atoms with van der Waals surface area (Å²) in [5.41, 5.74) is 1.06. The van der Waals surface area contributed by atoms with E-state index in [9.17, 15) is 0 Å². The van der Waals surface area contributed by atoms with Crippen molar-refractivity contribution in [2.45, 2.75) is 71.4 Å². The van der Waals surface area contributed by atoms with Gasteiger partial charge in [0.1, 0.15) is 0 Å². The highest BCUT2D eigenvalue weighted by Gasteiger charge is 2.17. The number of nitrogens with zero attached hydrogens (tertiary/aromatic N) is 3. The monoisotopic (exact) mass is 477 g/mol. The maximum absolute atomic E-state index is 5.45. The number of guanidine groups is 1. The highest BCUT2D eigenvalue weighted by Crippen LogP contribution is 2.22. The van der Waals surface area contributed by atoms with Crippen LogP contribution in [0.25, 0.3) is 0 Å². The van der Waals surface area contributed by atoms with Gasteiger partial charge in [-0.15, -0.1) is 24.0 Å². The minimum atomic E-state index is 0. The fourth-order valence-electron chi connectivity index (χ4n) is 3.51. The predicted molar refractivity (Wildman–Crippen MR) is 118 cm³/mol. The molecular formula is C19H36IN5O. The Kier molecular flexibility index (Phi) is 11.2. The average Bonchev–Trinajstić information content (AvgIpc) is 3.09. The third kappa shape index (κ3) is 7.06. The van der Waals surface area contributed by atoms with Crippen LogP contribution in [0, 0.1) is 0 Å². The topological polar surface area (TPSA) is 65.7 Å². The molecule has 1 aromatic rings. The van der Waals surface area contributed by atoms with Crippen molar-refractivity contribution in [2.24, 2.45) is 4.99 Å². The third-order valence-electron chi connectivity index (χ3n) is 5.27. The zero-order chi connectivity index (χ0) is 18.1. The van der Waals surface area contributed by atoms with Gasteiger partial charge in [-0.05, 0) is 39.2 Å². The van der Waals surface area contributed by atoms with Gasteiger partial charge in [0.2, 0.25) is 0 Å². The molecule has 2 rings (SSSR count).